The predicted molar refractivity (Wildman–Crippen MR) is 117 cm³/mol. The highest BCUT2D eigenvalue weighted by Crippen LogP contribution is 2.44. The molecule has 150 valence electrons. The van der Waals surface area contributed by atoms with Crippen LogP contribution < -0.4 is 0 Å². The van der Waals surface area contributed by atoms with Crippen molar-refractivity contribution in [1.82, 2.24) is 19.6 Å². The predicted octanol–water partition coefficient (Wildman–Crippen LogP) is 3.18. The fourth-order valence-corrected chi connectivity index (χ4v) is 5.55. The van der Waals surface area contributed by atoms with Crippen molar-refractivity contribution in [3.63, 3.8) is 0 Å². The van der Waals surface area contributed by atoms with Crippen LogP contribution in [0.25, 0.3) is 0 Å². The topological polar surface area (TPSA) is 30.0 Å². The summed E-state index contributed by atoms with van der Waals surface area (Å²) in [4.78, 5) is 20.5. The molecule has 1 saturated heterocycles. The molecule has 1 unspecified atom stereocenters. The number of amides is 1. The van der Waals surface area contributed by atoms with E-state index in [1.807, 2.05) is 18.0 Å². The van der Waals surface area contributed by atoms with Gasteiger partial charge in [-0.3, -0.25) is 14.6 Å². The average molecular weight is 407 g/mol. The Morgan fingerprint density at radius 2 is 1.90 bits per heavy atom. The molecule has 29 heavy (non-hydrogen) atoms. The molecule has 1 fully saturated rings. The first kappa shape index (κ1) is 18.6. The van der Waals surface area contributed by atoms with Gasteiger partial charge in [-0.05, 0) is 43.2 Å². The fourth-order valence-electron chi connectivity index (χ4n) is 4.38. The summed E-state index contributed by atoms with van der Waals surface area (Å²) in [5.74, 6) is 0. The second-order valence-corrected chi connectivity index (χ2v) is 8.82. The van der Waals surface area contributed by atoms with Crippen molar-refractivity contribution < 1.29 is 4.79 Å². The van der Waals surface area contributed by atoms with Crippen LogP contribution in [-0.2, 0) is 11.2 Å². The lowest BCUT2D eigenvalue weighted by Crippen LogP contribution is -2.46. The van der Waals surface area contributed by atoms with E-state index in [0.29, 0.717) is 0 Å². The molecule has 1 aromatic rings. The van der Waals surface area contributed by atoms with E-state index in [9.17, 15) is 4.79 Å². The summed E-state index contributed by atoms with van der Waals surface area (Å²) in [6.07, 6.45) is 13.7. The monoisotopic (exact) mass is 406 g/mol. The average Bonchev–Trinajstić information content (AvgIpc) is 3.14. The lowest BCUT2D eigenvalue weighted by molar-refractivity contribution is -0.117. The van der Waals surface area contributed by atoms with Gasteiger partial charge >= 0.3 is 0 Å². The van der Waals surface area contributed by atoms with Gasteiger partial charge in [-0.1, -0.05) is 48.2 Å². The molecule has 0 bridgehead atoms. The Balaban J connectivity index is 1.18. The number of hydrogen-bond donors (Lipinski definition) is 0. The first-order chi connectivity index (χ1) is 14.3. The van der Waals surface area contributed by atoms with Crippen molar-refractivity contribution in [2.75, 3.05) is 32.7 Å². The van der Waals surface area contributed by atoms with Crippen LogP contribution in [0.4, 0.5) is 0 Å². The Hall–Kier alpha value is -2.44. The van der Waals surface area contributed by atoms with Gasteiger partial charge in [0.1, 0.15) is 6.17 Å². The van der Waals surface area contributed by atoms with Crippen LogP contribution in [0.3, 0.4) is 0 Å². The summed E-state index contributed by atoms with van der Waals surface area (Å²) in [5, 5.41) is 2.50. The fraction of sp³-hybridized carbons (Fsp3) is 0.348. The van der Waals surface area contributed by atoms with Gasteiger partial charge in [0.2, 0.25) is 6.41 Å². The van der Waals surface area contributed by atoms with E-state index in [4.69, 9.17) is 0 Å². The molecule has 0 N–H and O–H groups in total. The van der Waals surface area contributed by atoms with E-state index >= 15 is 0 Å². The standard InChI is InChI=1S/C23H26N4OS/c28-18-26-17-20-16-23(29-22-10-4-9-21(26)27(20)22)25-14-12-24(13-15-25)11-5-8-19-6-2-1-3-7-19/h1-4,6-7,9-10,16-18,21H,5,8,11-15H2. The van der Waals surface area contributed by atoms with Crippen molar-refractivity contribution in [1.29, 1.82) is 0 Å². The lowest BCUT2D eigenvalue weighted by atomic mass is 10.1. The molecular weight excluding hydrogens is 380 g/mol. The second kappa shape index (κ2) is 8.13. The number of benzene rings is 1. The van der Waals surface area contributed by atoms with Crippen LogP contribution in [0.1, 0.15) is 12.0 Å². The number of carbonyl (C=O) groups excluding carboxylic acids is 1. The molecule has 5 nitrogen and oxygen atoms in total. The smallest absolute Gasteiger partial charge is 0.215 e. The highest BCUT2D eigenvalue weighted by molar-refractivity contribution is 8.06. The SMILES string of the molecule is O=CN1C=C2C=C(N3CCN(CCCc4ccccc4)CC3)SC3=CC=CC1N23. The molecule has 0 spiro atoms. The minimum Gasteiger partial charge on any atom is -0.363 e. The van der Waals surface area contributed by atoms with Gasteiger partial charge in [0.25, 0.3) is 0 Å². The zero-order valence-corrected chi connectivity index (χ0v) is 17.3. The zero-order valence-electron chi connectivity index (χ0n) is 16.5. The molecule has 0 aliphatic carbocycles. The molecule has 4 aliphatic rings. The number of aryl methyl sites for hydroxylation is 1. The molecule has 5 rings (SSSR count). The van der Waals surface area contributed by atoms with Crippen LogP contribution in [0.2, 0.25) is 0 Å². The van der Waals surface area contributed by atoms with Gasteiger partial charge in [-0.2, -0.15) is 0 Å². The van der Waals surface area contributed by atoms with Crippen LogP contribution >= 0.6 is 11.8 Å². The second-order valence-electron chi connectivity index (χ2n) is 7.78. The number of piperazine rings is 1. The maximum atomic E-state index is 11.4. The van der Waals surface area contributed by atoms with E-state index < -0.39 is 0 Å². The number of allylic oxidation sites excluding steroid dienone is 3. The number of hydrogen-bond acceptors (Lipinski definition) is 5. The third-order valence-electron chi connectivity index (χ3n) is 5.96. The summed E-state index contributed by atoms with van der Waals surface area (Å²) in [6.45, 7) is 5.50. The number of carbonyl (C=O) groups is 1. The lowest BCUT2D eigenvalue weighted by Gasteiger charge is -2.41. The van der Waals surface area contributed by atoms with Crippen molar-refractivity contribution in [2.45, 2.75) is 19.0 Å². The Morgan fingerprint density at radius 3 is 2.69 bits per heavy atom. The van der Waals surface area contributed by atoms with E-state index in [1.165, 1.54) is 28.6 Å². The van der Waals surface area contributed by atoms with Crippen molar-refractivity contribution in [3.05, 3.63) is 82.2 Å². The van der Waals surface area contributed by atoms with Crippen molar-refractivity contribution in [3.8, 4) is 0 Å². The normalized spacial score (nSPS) is 23.5. The first-order valence-electron chi connectivity index (χ1n) is 10.3. The highest BCUT2D eigenvalue weighted by Gasteiger charge is 2.37. The van der Waals surface area contributed by atoms with Crippen LogP contribution in [0.5, 0.6) is 0 Å². The molecule has 0 aromatic heterocycles. The van der Waals surface area contributed by atoms with Gasteiger partial charge in [0, 0.05) is 32.4 Å². The summed E-state index contributed by atoms with van der Waals surface area (Å²) < 4.78 is 0. The molecule has 0 radical (unpaired) electrons. The largest absolute Gasteiger partial charge is 0.363 e. The van der Waals surface area contributed by atoms with Crippen LogP contribution in [0, 0.1) is 0 Å². The van der Waals surface area contributed by atoms with E-state index in [-0.39, 0.29) is 6.17 Å². The van der Waals surface area contributed by atoms with E-state index in [0.717, 1.165) is 44.7 Å². The Morgan fingerprint density at radius 1 is 1.07 bits per heavy atom. The highest BCUT2D eigenvalue weighted by atomic mass is 32.2. The minimum absolute atomic E-state index is 0.00531. The Bertz CT molecular complexity index is 883. The van der Waals surface area contributed by atoms with Crippen molar-refractivity contribution in [2.24, 2.45) is 0 Å². The van der Waals surface area contributed by atoms with Crippen molar-refractivity contribution >= 4 is 18.2 Å². The van der Waals surface area contributed by atoms with Gasteiger partial charge < -0.3 is 9.80 Å². The summed E-state index contributed by atoms with van der Waals surface area (Å²) in [6, 6.07) is 10.8. The van der Waals surface area contributed by atoms with Crippen LogP contribution in [-0.4, -0.2) is 64.9 Å². The molecule has 4 aliphatic heterocycles. The third-order valence-corrected chi connectivity index (χ3v) is 7.08. The third kappa shape index (κ3) is 3.74. The molecule has 0 saturated carbocycles. The molecule has 4 heterocycles. The van der Waals surface area contributed by atoms with Gasteiger partial charge in [-0.25, -0.2) is 0 Å². The van der Waals surface area contributed by atoms with Gasteiger partial charge in [-0.15, -0.1) is 0 Å². The number of nitrogens with zero attached hydrogens (tertiary/aromatic N) is 4. The quantitative estimate of drug-likeness (QED) is 0.677. The Labute approximate surface area is 176 Å². The maximum absolute atomic E-state index is 11.4. The summed E-state index contributed by atoms with van der Waals surface area (Å²) >= 11 is 1.82. The molecule has 1 atom stereocenters. The Kier molecular flexibility index (Phi) is 5.21. The summed E-state index contributed by atoms with van der Waals surface area (Å²) in [5.41, 5.74) is 2.54. The molecule has 6 heteroatoms. The number of thioether (sulfide) groups is 1. The van der Waals surface area contributed by atoms with Crippen LogP contribution in [0.15, 0.2) is 76.6 Å². The van der Waals surface area contributed by atoms with E-state index in [2.05, 4.69) is 69.3 Å². The van der Waals surface area contributed by atoms with Gasteiger partial charge in [0.05, 0.1) is 15.8 Å². The summed E-state index contributed by atoms with van der Waals surface area (Å²) in [7, 11) is 0. The van der Waals surface area contributed by atoms with E-state index in [1.54, 1.807) is 4.90 Å². The molecule has 1 amide bonds. The zero-order chi connectivity index (χ0) is 19.6. The number of rotatable bonds is 6. The first-order valence-corrected chi connectivity index (χ1v) is 11.2. The minimum atomic E-state index is -0.00531. The van der Waals surface area contributed by atoms with Gasteiger partial charge in [0.15, 0.2) is 0 Å². The molecular formula is C23H26N4OS. The molecule has 1 aromatic carbocycles. The maximum Gasteiger partial charge on any atom is 0.215 e.